The highest BCUT2D eigenvalue weighted by atomic mass is 79.9. The Balaban J connectivity index is 0.000000149. The predicted molar refractivity (Wildman–Crippen MR) is 99.6 cm³/mol. The third-order valence-electron chi connectivity index (χ3n) is 2.81. The van der Waals surface area contributed by atoms with E-state index in [4.69, 9.17) is 5.11 Å². The molecule has 0 unspecified atom stereocenters. The second kappa shape index (κ2) is 9.94. The molecule has 4 rings (SSSR count). The number of aromatic nitrogens is 4. The Morgan fingerprint density at radius 3 is 2.08 bits per heavy atom. The van der Waals surface area contributed by atoms with E-state index in [0.717, 1.165) is 10.2 Å². The first kappa shape index (κ1) is 18.3. The zero-order valence-corrected chi connectivity index (χ0v) is 14.8. The predicted octanol–water partition coefficient (Wildman–Crippen LogP) is 4.14. The van der Waals surface area contributed by atoms with E-state index in [2.05, 4.69) is 31.2 Å². The molecule has 2 aromatic carbocycles. The summed E-state index contributed by atoms with van der Waals surface area (Å²) in [5.41, 5.74) is 0.861. The van der Waals surface area contributed by atoms with Gasteiger partial charge >= 0.3 is 0 Å². The maximum Gasteiger partial charge on any atom is 0.117 e. The van der Waals surface area contributed by atoms with Crippen LogP contribution < -0.4 is 0 Å². The van der Waals surface area contributed by atoms with Crippen molar-refractivity contribution in [3.05, 3.63) is 89.9 Å². The lowest BCUT2D eigenvalue weighted by Gasteiger charge is -2.00. The first-order valence-electron chi connectivity index (χ1n) is 7.32. The first-order valence-corrected chi connectivity index (χ1v) is 8.12. The monoisotopic (exact) mass is 400 g/mol. The molecule has 0 radical (unpaired) electrons. The maximum atomic E-state index is 9.17. The summed E-state index contributed by atoms with van der Waals surface area (Å²) in [6.45, 7) is 0. The summed E-state index contributed by atoms with van der Waals surface area (Å²) < 4.78 is 2.59. The second-order valence-corrected chi connectivity index (χ2v) is 5.63. The Morgan fingerprint density at radius 1 is 0.880 bits per heavy atom. The molecular weight excluding hydrogens is 384 g/mol. The number of rotatable bonds is 1. The van der Waals surface area contributed by atoms with E-state index >= 15 is 0 Å². The Morgan fingerprint density at radius 2 is 1.64 bits per heavy atom. The molecule has 0 aliphatic carbocycles. The fourth-order valence-corrected chi connectivity index (χ4v) is 2.14. The molecule has 0 atom stereocenters. The van der Waals surface area contributed by atoms with Gasteiger partial charge < -0.3 is 10.2 Å². The van der Waals surface area contributed by atoms with Gasteiger partial charge in [0.1, 0.15) is 11.5 Å². The van der Waals surface area contributed by atoms with Crippen LogP contribution in [0.25, 0.3) is 5.69 Å². The van der Waals surface area contributed by atoms with Crippen molar-refractivity contribution in [1.29, 1.82) is 0 Å². The Hall–Kier alpha value is -3.06. The lowest BCUT2D eigenvalue weighted by Crippen LogP contribution is -1.92. The summed E-state index contributed by atoms with van der Waals surface area (Å²) in [6.07, 6.45) is 6.98. The zero-order valence-electron chi connectivity index (χ0n) is 13.2. The smallest absolute Gasteiger partial charge is 0.117 e. The summed E-state index contributed by atoms with van der Waals surface area (Å²) in [4.78, 5) is 0. The molecule has 0 amide bonds. The molecule has 0 fully saturated rings. The van der Waals surface area contributed by atoms with Gasteiger partial charge in [-0.05, 0) is 42.5 Å². The lowest BCUT2D eigenvalue weighted by molar-refractivity contribution is 0.474. The number of nitrogens with zero attached hydrogens (tertiary/aromatic N) is 3. The number of nitrogens with one attached hydrogen (secondary N) is 1. The standard InChI is InChI=1S/C9H8N2O.C6H5BrO.C3H4N2/c12-9-4-1-3-8(7-9)11-6-2-5-10-11;7-5-2-1-3-6(8)4-5;1-2-4-5-3-1/h1-7,12H;1-4,8H;1-3H,(H,4,5). The van der Waals surface area contributed by atoms with E-state index < -0.39 is 0 Å². The van der Waals surface area contributed by atoms with E-state index in [1.165, 1.54) is 0 Å². The molecule has 25 heavy (non-hydrogen) atoms. The quantitative estimate of drug-likeness (QED) is 0.447. The zero-order chi connectivity index (χ0) is 17.9. The van der Waals surface area contributed by atoms with Crippen molar-refractivity contribution in [1.82, 2.24) is 20.0 Å². The summed E-state index contributed by atoms with van der Waals surface area (Å²) in [6, 6.07) is 17.5. The third kappa shape index (κ3) is 6.92. The van der Waals surface area contributed by atoms with Crippen molar-refractivity contribution < 1.29 is 10.2 Å². The van der Waals surface area contributed by atoms with Crippen LogP contribution in [0.4, 0.5) is 0 Å². The Labute approximate surface area is 153 Å². The van der Waals surface area contributed by atoms with Gasteiger partial charge in [-0.15, -0.1) is 0 Å². The summed E-state index contributed by atoms with van der Waals surface area (Å²) >= 11 is 3.20. The molecule has 6 nitrogen and oxygen atoms in total. The Kier molecular flexibility index (Phi) is 7.27. The van der Waals surface area contributed by atoms with Crippen LogP contribution in [-0.4, -0.2) is 30.2 Å². The summed E-state index contributed by atoms with van der Waals surface area (Å²) in [5.74, 6) is 0.544. The van der Waals surface area contributed by atoms with Crippen molar-refractivity contribution >= 4 is 15.9 Å². The van der Waals surface area contributed by atoms with Gasteiger partial charge in [-0.2, -0.15) is 10.2 Å². The third-order valence-corrected chi connectivity index (χ3v) is 3.31. The minimum absolute atomic E-state index is 0.253. The van der Waals surface area contributed by atoms with Crippen molar-refractivity contribution in [3.8, 4) is 17.2 Å². The largest absolute Gasteiger partial charge is 0.508 e. The number of aromatic amines is 1. The van der Waals surface area contributed by atoms with Gasteiger partial charge in [0, 0.05) is 35.3 Å². The lowest BCUT2D eigenvalue weighted by atomic mass is 10.3. The number of benzene rings is 2. The number of hydrogen-bond acceptors (Lipinski definition) is 4. The van der Waals surface area contributed by atoms with E-state index in [0.29, 0.717) is 5.75 Å². The molecule has 0 aliphatic heterocycles. The van der Waals surface area contributed by atoms with Crippen LogP contribution >= 0.6 is 15.9 Å². The highest BCUT2D eigenvalue weighted by molar-refractivity contribution is 9.10. The molecule has 4 aromatic rings. The van der Waals surface area contributed by atoms with Crippen LogP contribution in [0.1, 0.15) is 0 Å². The van der Waals surface area contributed by atoms with Gasteiger partial charge in [0.15, 0.2) is 0 Å². The fourth-order valence-electron chi connectivity index (χ4n) is 1.75. The molecule has 0 saturated carbocycles. The summed E-state index contributed by atoms with van der Waals surface area (Å²) in [5, 5.41) is 28.2. The fraction of sp³-hybridized carbons (Fsp3) is 0. The molecule has 2 heterocycles. The van der Waals surface area contributed by atoms with Gasteiger partial charge in [0.05, 0.1) is 5.69 Å². The molecule has 3 N–H and O–H groups in total. The molecule has 2 aromatic heterocycles. The molecule has 128 valence electrons. The maximum absolute atomic E-state index is 9.17. The molecule has 0 saturated heterocycles. The van der Waals surface area contributed by atoms with E-state index in [1.54, 1.807) is 59.7 Å². The van der Waals surface area contributed by atoms with Gasteiger partial charge in [-0.25, -0.2) is 4.68 Å². The van der Waals surface area contributed by atoms with E-state index in [-0.39, 0.29) is 5.75 Å². The molecule has 0 bridgehead atoms. The normalized spacial score (nSPS) is 9.32. The van der Waals surface area contributed by atoms with Crippen molar-refractivity contribution in [3.63, 3.8) is 0 Å². The van der Waals surface area contributed by atoms with Crippen molar-refractivity contribution in [2.45, 2.75) is 0 Å². The number of phenols is 2. The topological polar surface area (TPSA) is 87.0 Å². The first-order chi connectivity index (χ1) is 12.1. The highest BCUT2D eigenvalue weighted by Gasteiger charge is 1.95. The van der Waals surface area contributed by atoms with Crippen LogP contribution in [0.15, 0.2) is 89.9 Å². The second-order valence-electron chi connectivity index (χ2n) is 4.72. The number of aromatic hydroxyl groups is 2. The highest BCUT2D eigenvalue weighted by Crippen LogP contribution is 2.15. The van der Waals surface area contributed by atoms with E-state index in [1.807, 2.05) is 30.5 Å². The number of hydrogen-bond donors (Lipinski definition) is 3. The van der Waals surface area contributed by atoms with Crippen LogP contribution in [0.5, 0.6) is 11.5 Å². The van der Waals surface area contributed by atoms with Crippen molar-refractivity contribution in [2.24, 2.45) is 0 Å². The number of H-pyrrole nitrogens is 1. The van der Waals surface area contributed by atoms with E-state index in [9.17, 15) is 5.11 Å². The van der Waals surface area contributed by atoms with Gasteiger partial charge in [0.25, 0.3) is 0 Å². The average molecular weight is 401 g/mol. The molecule has 0 aliphatic rings. The molecule has 7 heteroatoms. The van der Waals surface area contributed by atoms with Gasteiger partial charge in [-0.3, -0.25) is 5.10 Å². The minimum Gasteiger partial charge on any atom is -0.508 e. The van der Waals surface area contributed by atoms with Crippen molar-refractivity contribution in [2.75, 3.05) is 0 Å². The number of halogens is 1. The SMILES string of the molecule is Oc1cccc(-n2cccn2)c1.Oc1cccc(Br)c1.c1cn[nH]c1. The molecular formula is C18H17BrN4O2. The minimum atomic E-state index is 0.253. The average Bonchev–Trinajstić information content (AvgIpc) is 3.32. The summed E-state index contributed by atoms with van der Waals surface area (Å²) in [7, 11) is 0. The molecule has 0 spiro atoms. The van der Waals surface area contributed by atoms with Crippen LogP contribution in [0.2, 0.25) is 0 Å². The van der Waals surface area contributed by atoms with Crippen LogP contribution in [0.3, 0.4) is 0 Å². The van der Waals surface area contributed by atoms with Crippen LogP contribution in [-0.2, 0) is 0 Å². The van der Waals surface area contributed by atoms with Crippen LogP contribution in [0, 0.1) is 0 Å². The van der Waals surface area contributed by atoms with Gasteiger partial charge in [-0.1, -0.05) is 28.1 Å². The Bertz CT molecular complexity index is 815. The van der Waals surface area contributed by atoms with Gasteiger partial charge in [0.2, 0.25) is 0 Å². The number of phenolic OH excluding ortho intramolecular Hbond substituents is 2.